The predicted molar refractivity (Wildman–Crippen MR) is 118 cm³/mol. The van der Waals surface area contributed by atoms with Crippen LogP contribution < -0.4 is 10.2 Å². The number of aromatic nitrogens is 1. The number of hydrogen-bond donors (Lipinski definition) is 0. The monoisotopic (exact) mass is 429 g/mol. The van der Waals surface area contributed by atoms with Crippen molar-refractivity contribution in [3.63, 3.8) is 0 Å². The van der Waals surface area contributed by atoms with Crippen LogP contribution in [0.5, 0.6) is 5.75 Å². The number of carbonyl (C=O) groups excluding carboxylic acids is 1. The van der Waals surface area contributed by atoms with Crippen LogP contribution in [0.3, 0.4) is 0 Å². The van der Waals surface area contributed by atoms with Crippen molar-refractivity contribution in [3.05, 3.63) is 50.8 Å². The highest BCUT2D eigenvalue weighted by molar-refractivity contribution is 6.32. The van der Waals surface area contributed by atoms with Crippen LogP contribution in [0.1, 0.15) is 68.4 Å². The molecule has 0 spiro atoms. The van der Waals surface area contributed by atoms with E-state index < -0.39 is 5.97 Å². The molecule has 0 saturated heterocycles. The third-order valence-corrected chi connectivity index (χ3v) is 6.46. The average Bonchev–Trinajstić information content (AvgIpc) is 3.21. The number of esters is 1. The highest BCUT2D eigenvalue weighted by Crippen LogP contribution is 2.42. The van der Waals surface area contributed by atoms with E-state index in [1.165, 1.54) is 18.9 Å². The number of rotatable bonds is 5. The molecule has 30 heavy (non-hydrogen) atoms. The van der Waals surface area contributed by atoms with Crippen LogP contribution in [0.2, 0.25) is 5.02 Å². The Labute approximate surface area is 182 Å². The lowest BCUT2D eigenvalue weighted by Gasteiger charge is -2.34. The molecule has 2 aromatic rings. The molecule has 1 aromatic heterocycles. The largest absolute Gasteiger partial charge is 0.489 e. The van der Waals surface area contributed by atoms with Crippen molar-refractivity contribution in [3.8, 4) is 17.0 Å². The van der Waals surface area contributed by atoms with E-state index in [1.807, 2.05) is 16.7 Å². The second kappa shape index (κ2) is 8.46. The quantitative estimate of drug-likeness (QED) is 0.595. The fraction of sp³-hybridized carbons (Fsp3) is 0.500. The first kappa shape index (κ1) is 21.0. The number of halogens is 1. The molecule has 6 heteroatoms. The first-order valence-corrected chi connectivity index (χ1v) is 11.2. The highest BCUT2D eigenvalue weighted by atomic mass is 35.5. The van der Waals surface area contributed by atoms with E-state index in [0.717, 1.165) is 41.8 Å². The smallest absolute Gasteiger partial charge is 0.343 e. The molecule has 0 bridgehead atoms. The molecule has 1 aromatic carbocycles. The molecule has 160 valence electrons. The maximum absolute atomic E-state index is 12.7. The number of ether oxygens (including phenoxy) is 2. The Morgan fingerprint density at radius 1 is 1.23 bits per heavy atom. The van der Waals surface area contributed by atoms with E-state index in [4.69, 9.17) is 21.1 Å². The van der Waals surface area contributed by atoms with Crippen molar-refractivity contribution in [1.29, 1.82) is 0 Å². The molecule has 1 unspecified atom stereocenters. The van der Waals surface area contributed by atoms with E-state index in [9.17, 15) is 9.59 Å². The van der Waals surface area contributed by atoms with Crippen molar-refractivity contribution in [1.82, 2.24) is 4.57 Å². The molecule has 0 N–H and O–H groups in total. The van der Waals surface area contributed by atoms with Gasteiger partial charge in [0.15, 0.2) is 5.43 Å². The number of benzene rings is 1. The minimum absolute atomic E-state index is 0.0713. The van der Waals surface area contributed by atoms with E-state index >= 15 is 0 Å². The summed E-state index contributed by atoms with van der Waals surface area (Å²) in [6, 6.07) is 5.58. The summed E-state index contributed by atoms with van der Waals surface area (Å²) in [5.41, 5.74) is 2.55. The van der Waals surface area contributed by atoms with Crippen LogP contribution in [0.4, 0.5) is 0 Å². The summed E-state index contributed by atoms with van der Waals surface area (Å²) in [4.78, 5) is 25.0. The van der Waals surface area contributed by atoms with Gasteiger partial charge in [-0.3, -0.25) is 4.79 Å². The van der Waals surface area contributed by atoms with Crippen LogP contribution >= 0.6 is 11.6 Å². The Balaban J connectivity index is 1.80. The molecule has 1 fully saturated rings. The van der Waals surface area contributed by atoms with Gasteiger partial charge in [0.1, 0.15) is 11.3 Å². The number of nitrogens with zero attached hydrogens (tertiary/aromatic N) is 1. The first-order valence-electron chi connectivity index (χ1n) is 10.8. The molecular weight excluding hydrogens is 402 g/mol. The van der Waals surface area contributed by atoms with E-state index in [2.05, 4.69) is 13.8 Å². The lowest BCUT2D eigenvalue weighted by Crippen LogP contribution is -2.28. The van der Waals surface area contributed by atoms with Crippen molar-refractivity contribution < 1.29 is 14.3 Å². The summed E-state index contributed by atoms with van der Waals surface area (Å²) < 4.78 is 13.3. The first-order chi connectivity index (χ1) is 14.4. The molecule has 2 aliphatic rings. The fourth-order valence-corrected chi connectivity index (χ4v) is 4.77. The lowest BCUT2D eigenvalue weighted by atomic mass is 9.87. The molecule has 2 heterocycles. The Bertz CT molecular complexity index is 1020. The van der Waals surface area contributed by atoms with Gasteiger partial charge in [-0.25, -0.2) is 4.79 Å². The Kier molecular flexibility index (Phi) is 5.92. The second-order valence-electron chi connectivity index (χ2n) is 8.54. The Hall–Kier alpha value is -2.27. The standard InChI is InChI=1S/C24H28ClNO4/c1-4-29-24(28)18-13-26-20(14(2)3)9-15-10-23(30-16-7-5-6-8-16)19(25)11-17(15)21(26)12-22(18)27/h10-14,16,20H,4-9H2,1-3H3. The summed E-state index contributed by atoms with van der Waals surface area (Å²) in [6.07, 6.45) is 7.19. The predicted octanol–water partition coefficient (Wildman–Crippen LogP) is 5.42. The van der Waals surface area contributed by atoms with Crippen LogP contribution in [0, 0.1) is 5.92 Å². The topological polar surface area (TPSA) is 57.5 Å². The van der Waals surface area contributed by atoms with E-state index in [0.29, 0.717) is 10.9 Å². The van der Waals surface area contributed by atoms with E-state index in [-0.39, 0.29) is 29.7 Å². The van der Waals surface area contributed by atoms with Gasteiger partial charge in [0, 0.05) is 23.9 Å². The third-order valence-electron chi connectivity index (χ3n) is 6.16. The van der Waals surface area contributed by atoms with Crippen molar-refractivity contribution in [2.45, 2.75) is 65.0 Å². The van der Waals surface area contributed by atoms with Crippen molar-refractivity contribution in [2.75, 3.05) is 6.61 Å². The van der Waals surface area contributed by atoms with Gasteiger partial charge in [-0.1, -0.05) is 25.4 Å². The molecule has 1 aliphatic carbocycles. The van der Waals surface area contributed by atoms with Gasteiger partial charge in [-0.15, -0.1) is 0 Å². The molecular formula is C24H28ClNO4. The van der Waals surface area contributed by atoms with Crippen LogP contribution in [-0.2, 0) is 11.2 Å². The summed E-state index contributed by atoms with van der Waals surface area (Å²) in [7, 11) is 0. The summed E-state index contributed by atoms with van der Waals surface area (Å²) >= 11 is 6.58. The van der Waals surface area contributed by atoms with Gasteiger partial charge in [0.05, 0.1) is 23.4 Å². The molecule has 0 radical (unpaired) electrons. The highest BCUT2D eigenvalue weighted by Gasteiger charge is 2.29. The molecule has 5 nitrogen and oxygen atoms in total. The van der Waals surface area contributed by atoms with Crippen molar-refractivity contribution >= 4 is 17.6 Å². The number of hydrogen-bond acceptors (Lipinski definition) is 4. The van der Waals surface area contributed by atoms with Crippen LogP contribution in [0.25, 0.3) is 11.3 Å². The number of pyridine rings is 1. The summed E-state index contributed by atoms with van der Waals surface area (Å²) in [5.74, 6) is 0.456. The van der Waals surface area contributed by atoms with Crippen LogP contribution in [0.15, 0.2) is 29.2 Å². The van der Waals surface area contributed by atoms with Gasteiger partial charge >= 0.3 is 5.97 Å². The summed E-state index contributed by atoms with van der Waals surface area (Å²) in [5, 5.41) is 0.553. The third kappa shape index (κ3) is 3.87. The van der Waals surface area contributed by atoms with Gasteiger partial charge in [-0.05, 0) is 62.6 Å². The zero-order chi connectivity index (χ0) is 21.4. The normalized spacial score (nSPS) is 18.2. The Morgan fingerprint density at radius 2 is 1.97 bits per heavy atom. The molecule has 1 aliphatic heterocycles. The van der Waals surface area contributed by atoms with Gasteiger partial charge in [-0.2, -0.15) is 0 Å². The number of fused-ring (bicyclic) bond motifs is 3. The van der Waals surface area contributed by atoms with Crippen LogP contribution in [-0.4, -0.2) is 23.2 Å². The van der Waals surface area contributed by atoms with E-state index in [1.54, 1.807) is 13.1 Å². The minimum Gasteiger partial charge on any atom is -0.489 e. The molecule has 4 rings (SSSR count). The lowest BCUT2D eigenvalue weighted by molar-refractivity contribution is 0.0523. The zero-order valence-corrected chi connectivity index (χ0v) is 18.5. The SMILES string of the molecule is CCOC(=O)c1cn2c(cc1=O)-c1cc(Cl)c(OC3CCCC3)cc1CC2C(C)C. The average molecular weight is 430 g/mol. The molecule has 1 saturated carbocycles. The Morgan fingerprint density at radius 3 is 2.63 bits per heavy atom. The molecule has 0 amide bonds. The second-order valence-corrected chi connectivity index (χ2v) is 8.95. The molecule has 1 atom stereocenters. The van der Waals surface area contributed by atoms with Gasteiger partial charge < -0.3 is 14.0 Å². The maximum atomic E-state index is 12.7. The van der Waals surface area contributed by atoms with Gasteiger partial charge in [0.2, 0.25) is 0 Å². The fourth-order valence-electron chi connectivity index (χ4n) is 4.56. The van der Waals surface area contributed by atoms with Crippen molar-refractivity contribution in [2.24, 2.45) is 5.92 Å². The number of carbonyl (C=O) groups is 1. The van der Waals surface area contributed by atoms with Gasteiger partial charge in [0.25, 0.3) is 0 Å². The zero-order valence-electron chi connectivity index (χ0n) is 17.7. The summed E-state index contributed by atoms with van der Waals surface area (Å²) in [6.45, 7) is 6.26. The maximum Gasteiger partial charge on any atom is 0.343 e. The minimum atomic E-state index is -0.579.